The molecule has 2 atom stereocenters. The van der Waals surface area contributed by atoms with Crippen LogP contribution in [0.5, 0.6) is 0 Å². The normalized spacial score (nSPS) is 14.9. The van der Waals surface area contributed by atoms with Gasteiger partial charge in [0, 0.05) is 22.4 Å². The van der Waals surface area contributed by atoms with Crippen LogP contribution >= 0.6 is 11.8 Å². The van der Waals surface area contributed by atoms with Crippen molar-refractivity contribution >= 4 is 11.8 Å². The largest absolute Gasteiger partial charge is 0.323 e. The van der Waals surface area contributed by atoms with Gasteiger partial charge < -0.3 is 5.73 Å². The molecule has 1 heterocycles. The fourth-order valence-electron chi connectivity index (χ4n) is 1.21. The Hall–Kier alpha value is -0.540. The van der Waals surface area contributed by atoms with E-state index in [4.69, 9.17) is 5.73 Å². The second kappa shape index (κ2) is 6.13. The van der Waals surface area contributed by atoms with Crippen LogP contribution < -0.4 is 5.73 Å². The van der Waals surface area contributed by atoms with Crippen LogP contribution in [0, 0.1) is 0 Å². The summed E-state index contributed by atoms with van der Waals surface area (Å²) in [5, 5.41) is 0.650. The van der Waals surface area contributed by atoms with E-state index in [1.807, 2.05) is 24.0 Å². The van der Waals surface area contributed by atoms with E-state index in [0.29, 0.717) is 5.25 Å². The molecule has 0 spiro atoms. The molecule has 0 bridgehead atoms. The SMILES string of the molecule is CCC(C)Sc1ccc([C@H](N)CC)nc1. The van der Waals surface area contributed by atoms with Crippen LogP contribution in [0.3, 0.4) is 0 Å². The highest BCUT2D eigenvalue weighted by atomic mass is 32.2. The summed E-state index contributed by atoms with van der Waals surface area (Å²) < 4.78 is 0. The van der Waals surface area contributed by atoms with Gasteiger partial charge in [-0.2, -0.15) is 0 Å². The number of nitrogens with two attached hydrogens (primary N) is 1. The van der Waals surface area contributed by atoms with Crippen LogP contribution in [0.25, 0.3) is 0 Å². The summed E-state index contributed by atoms with van der Waals surface area (Å²) >= 11 is 1.87. The first-order chi connectivity index (χ1) is 7.17. The molecular weight excluding hydrogens is 204 g/mol. The van der Waals surface area contributed by atoms with Gasteiger partial charge in [0.2, 0.25) is 0 Å². The van der Waals surface area contributed by atoms with E-state index in [9.17, 15) is 0 Å². The van der Waals surface area contributed by atoms with Gasteiger partial charge in [0.05, 0.1) is 5.69 Å². The standard InChI is InChI=1S/C12H20N2S/c1-4-9(3)15-10-6-7-12(14-8-10)11(13)5-2/h6-9,11H,4-5,13H2,1-3H3/t9?,11-/m1/s1. The third kappa shape index (κ3) is 3.84. The third-order valence-electron chi connectivity index (χ3n) is 2.49. The smallest absolute Gasteiger partial charge is 0.0571 e. The topological polar surface area (TPSA) is 38.9 Å². The van der Waals surface area contributed by atoms with Crippen molar-refractivity contribution < 1.29 is 0 Å². The van der Waals surface area contributed by atoms with E-state index in [0.717, 1.165) is 12.1 Å². The van der Waals surface area contributed by atoms with Crippen molar-refractivity contribution in [2.24, 2.45) is 5.73 Å². The lowest BCUT2D eigenvalue weighted by molar-refractivity contribution is 0.674. The summed E-state index contributed by atoms with van der Waals surface area (Å²) in [5.74, 6) is 0. The molecule has 0 aliphatic carbocycles. The van der Waals surface area contributed by atoms with Gasteiger partial charge in [0.25, 0.3) is 0 Å². The highest BCUT2D eigenvalue weighted by Gasteiger charge is 2.06. The van der Waals surface area contributed by atoms with Crippen LogP contribution in [0.4, 0.5) is 0 Å². The first kappa shape index (κ1) is 12.5. The Kier molecular flexibility index (Phi) is 5.12. The molecule has 0 saturated carbocycles. The zero-order chi connectivity index (χ0) is 11.3. The minimum atomic E-state index is 0.0765. The van der Waals surface area contributed by atoms with Crippen LogP contribution in [0.2, 0.25) is 0 Å². The molecule has 0 saturated heterocycles. The fraction of sp³-hybridized carbons (Fsp3) is 0.583. The number of hydrogen-bond donors (Lipinski definition) is 1. The highest BCUT2D eigenvalue weighted by molar-refractivity contribution is 7.99. The van der Waals surface area contributed by atoms with Gasteiger partial charge in [-0.15, -0.1) is 11.8 Å². The van der Waals surface area contributed by atoms with Gasteiger partial charge in [-0.1, -0.05) is 20.8 Å². The van der Waals surface area contributed by atoms with E-state index in [1.165, 1.54) is 11.3 Å². The molecule has 0 aliphatic rings. The van der Waals surface area contributed by atoms with E-state index in [-0.39, 0.29) is 6.04 Å². The summed E-state index contributed by atoms with van der Waals surface area (Å²) in [5.41, 5.74) is 6.89. The number of aromatic nitrogens is 1. The molecule has 1 unspecified atom stereocenters. The monoisotopic (exact) mass is 224 g/mol. The second-order valence-electron chi connectivity index (χ2n) is 3.77. The molecule has 2 nitrogen and oxygen atoms in total. The lowest BCUT2D eigenvalue weighted by atomic mass is 10.1. The van der Waals surface area contributed by atoms with Crippen molar-refractivity contribution in [3.8, 4) is 0 Å². The lowest BCUT2D eigenvalue weighted by Crippen LogP contribution is -2.10. The molecule has 0 radical (unpaired) electrons. The second-order valence-corrected chi connectivity index (χ2v) is 5.28. The number of hydrogen-bond acceptors (Lipinski definition) is 3. The van der Waals surface area contributed by atoms with Crippen LogP contribution in [-0.4, -0.2) is 10.2 Å². The molecule has 1 rings (SSSR count). The van der Waals surface area contributed by atoms with Crippen LogP contribution in [0.1, 0.15) is 45.3 Å². The molecule has 0 amide bonds. The summed E-state index contributed by atoms with van der Waals surface area (Å²) in [6.07, 6.45) is 4.05. The van der Waals surface area contributed by atoms with Crippen LogP contribution in [0.15, 0.2) is 23.2 Å². The maximum atomic E-state index is 5.90. The van der Waals surface area contributed by atoms with E-state index in [2.05, 4.69) is 31.8 Å². The van der Waals surface area contributed by atoms with Gasteiger partial charge >= 0.3 is 0 Å². The summed E-state index contributed by atoms with van der Waals surface area (Å²) in [4.78, 5) is 5.62. The molecule has 84 valence electrons. The van der Waals surface area contributed by atoms with Crippen molar-refractivity contribution in [2.45, 2.75) is 49.8 Å². The minimum Gasteiger partial charge on any atom is -0.323 e. The van der Waals surface area contributed by atoms with E-state index >= 15 is 0 Å². The molecular formula is C12H20N2S. The van der Waals surface area contributed by atoms with E-state index in [1.54, 1.807) is 0 Å². The highest BCUT2D eigenvalue weighted by Crippen LogP contribution is 2.25. The molecule has 0 aliphatic heterocycles. The Morgan fingerprint density at radius 3 is 2.53 bits per heavy atom. The Morgan fingerprint density at radius 1 is 1.33 bits per heavy atom. The Balaban J connectivity index is 2.64. The number of rotatable bonds is 5. The molecule has 0 fully saturated rings. The molecule has 1 aromatic rings. The van der Waals surface area contributed by atoms with Gasteiger partial charge in [-0.25, -0.2) is 0 Å². The number of thioether (sulfide) groups is 1. The molecule has 0 aromatic carbocycles. The van der Waals surface area contributed by atoms with Gasteiger partial charge in [0.1, 0.15) is 0 Å². The Labute approximate surface area is 96.7 Å². The fourth-order valence-corrected chi connectivity index (χ4v) is 2.10. The zero-order valence-electron chi connectivity index (χ0n) is 9.73. The first-order valence-electron chi connectivity index (χ1n) is 5.55. The molecule has 15 heavy (non-hydrogen) atoms. The quantitative estimate of drug-likeness (QED) is 0.779. The third-order valence-corrected chi connectivity index (χ3v) is 3.74. The summed E-state index contributed by atoms with van der Waals surface area (Å²) in [7, 11) is 0. The van der Waals surface area contributed by atoms with Gasteiger partial charge in [-0.3, -0.25) is 4.98 Å². The van der Waals surface area contributed by atoms with Crippen molar-refractivity contribution in [1.82, 2.24) is 4.98 Å². The van der Waals surface area contributed by atoms with Crippen molar-refractivity contribution in [2.75, 3.05) is 0 Å². The lowest BCUT2D eigenvalue weighted by Gasteiger charge is -2.10. The minimum absolute atomic E-state index is 0.0765. The van der Waals surface area contributed by atoms with E-state index < -0.39 is 0 Å². The first-order valence-corrected chi connectivity index (χ1v) is 6.43. The van der Waals surface area contributed by atoms with Crippen LogP contribution in [-0.2, 0) is 0 Å². The summed E-state index contributed by atoms with van der Waals surface area (Å²) in [6.45, 7) is 6.51. The molecule has 2 N–H and O–H groups in total. The Morgan fingerprint density at radius 2 is 2.07 bits per heavy atom. The summed E-state index contributed by atoms with van der Waals surface area (Å²) in [6, 6.07) is 4.24. The zero-order valence-corrected chi connectivity index (χ0v) is 10.6. The average molecular weight is 224 g/mol. The van der Waals surface area contributed by atoms with Crippen molar-refractivity contribution in [1.29, 1.82) is 0 Å². The Bertz CT molecular complexity index is 284. The number of pyridine rings is 1. The molecule has 3 heteroatoms. The maximum Gasteiger partial charge on any atom is 0.0571 e. The predicted molar refractivity (Wildman–Crippen MR) is 67.1 cm³/mol. The molecule has 1 aromatic heterocycles. The van der Waals surface area contributed by atoms with Crippen molar-refractivity contribution in [3.05, 3.63) is 24.0 Å². The van der Waals surface area contributed by atoms with Gasteiger partial charge in [0.15, 0.2) is 0 Å². The predicted octanol–water partition coefficient (Wildman–Crippen LogP) is 3.38. The van der Waals surface area contributed by atoms with Gasteiger partial charge in [-0.05, 0) is 25.0 Å². The average Bonchev–Trinajstić information content (AvgIpc) is 2.29. The number of nitrogens with zero attached hydrogens (tertiary/aromatic N) is 1. The van der Waals surface area contributed by atoms with Crippen molar-refractivity contribution in [3.63, 3.8) is 0 Å². The maximum absolute atomic E-state index is 5.90.